The van der Waals surface area contributed by atoms with Crippen LogP contribution in [-0.4, -0.2) is 30.5 Å². The Morgan fingerprint density at radius 2 is 2.05 bits per heavy atom. The Bertz CT molecular complexity index is 430. The second-order valence-electron chi connectivity index (χ2n) is 5.30. The van der Waals surface area contributed by atoms with Gasteiger partial charge in [-0.25, -0.2) is 0 Å². The first-order chi connectivity index (χ1) is 10.1. The van der Waals surface area contributed by atoms with E-state index in [2.05, 4.69) is 13.5 Å². The normalized spacial score (nSPS) is 13.5. The number of carbonyl (C=O) groups excluding carboxylic acids is 1. The highest BCUT2D eigenvalue weighted by Crippen LogP contribution is 2.25. The zero-order chi connectivity index (χ0) is 15.7. The van der Waals surface area contributed by atoms with E-state index in [1.807, 2.05) is 44.3 Å². The number of likely N-dealkylation sites (N-methyl/N-ethyl adjacent to an activating group) is 1. The number of carbonyl (C=O) groups is 1. The summed E-state index contributed by atoms with van der Waals surface area (Å²) in [5.41, 5.74) is 1.09. The first kappa shape index (κ1) is 17.4. The summed E-state index contributed by atoms with van der Waals surface area (Å²) in [6.45, 7) is 8.30. The summed E-state index contributed by atoms with van der Waals surface area (Å²) in [7, 11) is 1.86. The molecule has 0 fully saturated rings. The van der Waals surface area contributed by atoms with Crippen molar-refractivity contribution in [2.45, 2.75) is 45.3 Å². The van der Waals surface area contributed by atoms with E-state index in [0.717, 1.165) is 18.4 Å². The van der Waals surface area contributed by atoms with E-state index in [1.54, 1.807) is 11.0 Å². The maximum atomic E-state index is 12.2. The maximum absolute atomic E-state index is 12.2. The van der Waals surface area contributed by atoms with Crippen molar-refractivity contribution in [3.8, 4) is 0 Å². The van der Waals surface area contributed by atoms with Crippen LogP contribution in [0.25, 0.3) is 0 Å². The summed E-state index contributed by atoms with van der Waals surface area (Å²) in [6.07, 6.45) is 4.16. The maximum Gasteiger partial charge on any atom is 0.222 e. The first-order valence-electron chi connectivity index (χ1n) is 7.64. The topological polar surface area (TPSA) is 29.5 Å². The number of nitrogens with zero attached hydrogens (tertiary/aromatic N) is 1. The summed E-state index contributed by atoms with van der Waals surface area (Å²) >= 11 is 0. The molecule has 0 N–H and O–H groups in total. The molecule has 3 heteroatoms. The van der Waals surface area contributed by atoms with Crippen LogP contribution in [0.5, 0.6) is 0 Å². The van der Waals surface area contributed by atoms with Gasteiger partial charge in [-0.1, -0.05) is 49.8 Å². The van der Waals surface area contributed by atoms with Crippen molar-refractivity contribution in [1.82, 2.24) is 4.90 Å². The van der Waals surface area contributed by atoms with Crippen LogP contribution in [-0.2, 0) is 9.53 Å². The molecule has 0 aromatic heterocycles. The molecule has 0 spiro atoms. The molecule has 0 saturated heterocycles. The number of benzene rings is 1. The second kappa shape index (κ2) is 9.35. The summed E-state index contributed by atoms with van der Waals surface area (Å²) in [4.78, 5) is 14.0. The van der Waals surface area contributed by atoms with Crippen molar-refractivity contribution in [3.63, 3.8) is 0 Å². The molecule has 1 aromatic rings. The quantitative estimate of drug-likeness (QED) is 0.644. The highest BCUT2D eigenvalue weighted by molar-refractivity contribution is 5.76. The van der Waals surface area contributed by atoms with E-state index in [1.165, 1.54) is 0 Å². The molecule has 116 valence electrons. The van der Waals surface area contributed by atoms with Gasteiger partial charge in [0.15, 0.2) is 0 Å². The Kier molecular flexibility index (Phi) is 7.76. The van der Waals surface area contributed by atoms with Crippen LogP contribution in [0.3, 0.4) is 0 Å². The van der Waals surface area contributed by atoms with E-state index in [-0.39, 0.29) is 18.1 Å². The lowest BCUT2D eigenvalue weighted by Crippen LogP contribution is -2.39. The van der Waals surface area contributed by atoms with Crippen LogP contribution >= 0.6 is 0 Å². The minimum absolute atomic E-state index is 0.0169. The van der Waals surface area contributed by atoms with E-state index in [9.17, 15) is 4.79 Å². The summed E-state index contributed by atoms with van der Waals surface area (Å²) in [5, 5.41) is 0. The van der Waals surface area contributed by atoms with Crippen molar-refractivity contribution in [2.24, 2.45) is 0 Å². The molecule has 0 unspecified atom stereocenters. The number of rotatable bonds is 9. The van der Waals surface area contributed by atoms with E-state index in [4.69, 9.17) is 4.74 Å². The Labute approximate surface area is 128 Å². The highest BCUT2D eigenvalue weighted by Gasteiger charge is 2.25. The van der Waals surface area contributed by atoms with E-state index >= 15 is 0 Å². The van der Waals surface area contributed by atoms with Gasteiger partial charge in [0.05, 0.1) is 12.6 Å². The van der Waals surface area contributed by atoms with Crippen molar-refractivity contribution < 1.29 is 9.53 Å². The molecule has 0 bridgehead atoms. The lowest BCUT2D eigenvalue weighted by atomic mass is 10.0. The fourth-order valence-electron chi connectivity index (χ4n) is 2.26. The minimum Gasteiger partial charge on any atom is -0.367 e. The van der Waals surface area contributed by atoms with Gasteiger partial charge in [-0.15, -0.1) is 6.58 Å². The van der Waals surface area contributed by atoms with Crippen LogP contribution in [0.2, 0.25) is 0 Å². The van der Waals surface area contributed by atoms with Gasteiger partial charge in [0.1, 0.15) is 6.10 Å². The van der Waals surface area contributed by atoms with Crippen LogP contribution in [0.15, 0.2) is 43.0 Å². The molecule has 21 heavy (non-hydrogen) atoms. The molecule has 1 amide bonds. The molecule has 0 aliphatic carbocycles. The average Bonchev–Trinajstić information content (AvgIpc) is 2.53. The number of hydrogen-bond acceptors (Lipinski definition) is 2. The van der Waals surface area contributed by atoms with Gasteiger partial charge in [-0.2, -0.15) is 0 Å². The molecule has 0 aliphatic rings. The molecular weight excluding hydrogens is 262 g/mol. The van der Waals surface area contributed by atoms with Crippen molar-refractivity contribution >= 4 is 5.91 Å². The van der Waals surface area contributed by atoms with Gasteiger partial charge >= 0.3 is 0 Å². The molecule has 1 rings (SSSR count). The van der Waals surface area contributed by atoms with Crippen LogP contribution in [0, 0.1) is 0 Å². The monoisotopic (exact) mass is 289 g/mol. The lowest BCUT2D eigenvalue weighted by Gasteiger charge is -2.32. The van der Waals surface area contributed by atoms with Gasteiger partial charge in [-0.3, -0.25) is 4.79 Å². The molecule has 0 saturated carbocycles. The Balaban J connectivity index is 2.82. The molecule has 0 aliphatic heterocycles. The average molecular weight is 289 g/mol. The van der Waals surface area contributed by atoms with Crippen molar-refractivity contribution in [2.75, 3.05) is 13.7 Å². The van der Waals surface area contributed by atoms with Crippen molar-refractivity contribution in [1.29, 1.82) is 0 Å². The predicted octanol–water partition coefficient (Wildman–Crippen LogP) is 3.97. The third kappa shape index (κ3) is 5.35. The third-order valence-corrected chi connectivity index (χ3v) is 3.71. The predicted molar refractivity (Wildman–Crippen MR) is 87.1 cm³/mol. The fraction of sp³-hybridized carbons (Fsp3) is 0.500. The highest BCUT2D eigenvalue weighted by atomic mass is 16.5. The Morgan fingerprint density at radius 3 is 2.62 bits per heavy atom. The summed E-state index contributed by atoms with van der Waals surface area (Å²) < 4.78 is 5.90. The largest absolute Gasteiger partial charge is 0.367 e. The summed E-state index contributed by atoms with van der Waals surface area (Å²) in [6, 6.07) is 10.0. The van der Waals surface area contributed by atoms with Gasteiger partial charge < -0.3 is 9.64 Å². The van der Waals surface area contributed by atoms with Gasteiger partial charge in [0, 0.05) is 13.5 Å². The standard InChI is InChI=1S/C18H27NO2/c1-5-7-13-17(20)19(4)15(3)18(21-14-6-2)16-11-9-8-10-12-16/h6,8-12,15,18H,2,5,7,13-14H2,1,3-4H3/t15-,18+/m0/s1. The van der Waals surface area contributed by atoms with Crippen LogP contribution < -0.4 is 0 Å². The molecule has 0 radical (unpaired) electrons. The molecule has 0 heterocycles. The third-order valence-electron chi connectivity index (χ3n) is 3.71. The molecule has 2 atom stereocenters. The first-order valence-corrected chi connectivity index (χ1v) is 7.64. The Morgan fingerprint density at radius 1 is 1.38 bits per heavy atom. The number of hydrogen-bond donors (Lipinski definition) is 0. The molecule has 3 nitrogen and oxygen atoms in total. The lowest BCUT2D eigenvalue weighted by molar-refractivity contribution is -0.135. The number of ether oxygens (including phenoxy) is 1. The van der Waals surface area contributed by atoms with Crippen molar-refractivity contribution in [3.05, 3.63) is 48.6 Å². The molecular formula is C18H27NO2. The number of unbranched alkanes of at least 4 members (excludes halogenated alkanes) is 1. The zero-order valence-electron chi connectivity index (χ0n) is 13.4. The Hall–Kier alpha value is -1.61. The smallest absolute Gasteiger partial charge is 0.222 e. The zero-order valence-corrected chi connectivity index (χ0v) is 13.4. The second-order valence-corrected chi connectivity index (χ2v) is 5.30. The minimum atomic E-state index is -0.139. The van der Waals surface area contributed by atoms with Crippen LogP contribution in [0.4, 0.5) is 0 Å². The van der Waals surface area contributed by atoms with E-state index < -0.39 is 0 Å². The number of amides is 1. The summed E-state index contributed by atoms with van der Waals surface area (Å²) in [5.74, 6) is 0.174. The SMILES string of the molecule is C=CCO[C@@H](c1ccccc1)[C@H](C)N(C)C(=O)CCCC. The van der Waals surface area contributed by atoms with Gasteiger partial charge in [0.25, 0.3) is 0 Å². The van der Waals surface area contributed by atoms with Gasteiger partial charge in [0.2, 0.25) is 5.91 Å². The van der Waals surface area contributed by atoms with Crippen LogP contribution in [0.1, 0.15) is 44.8 Å². The van der Waals surface area contributed by atoms with Gasteiger partial charge in [-0.05, 0) is 18.9 Å². The fourth-order valence-corrected chi connectivity index (χ4v) is 2.26. The molecule has 1 aromatic carbocycles. The van der Waals surface area contributed by atoms with E-state index in [0.29, 0.717) is 13.0 Å².